The van der Waals surface area contributed by atoms with Gasteiger partial charge in [-0.25, -0.2) is 4.79 Å². The third kappa shape index (κ3) is 3.28. The van der Waals surface area contributed by atoms with E-state index in [0.29, 0.717) is 17.8 Å². The van der Waals surface area contributed by atoms with Crippen molar-refractivity contribution in [3.05, 3.63) is 0 Å². The number of amides is 1. The second-order valence-corrected chi connectivity index (χ2v) is 8.87. The van der Waals surface area contributed by atoms with Gasteiger partial charge in [-0.1, -0.05) is 42.9 Å². The number of nitrogens with zero attached hydrogens (tertiary/aromatic N) is 1. The second kappa shape index (κ2) is 8.01. The lowest BCUT2D eigenvalue weighted by Gasteiger charge is -2.48. The van der Waals surface area contributed by atoms with Crippen molar-refractivity contribution in [1.29, 1.82) is 0 Å². The predicted octanol–water partition coefficient (Wildman–Crippen LogP) is 3.88. The van der Waals surface area contributed by atoms with Crippen LogP contribution in [0.3, 0.4) is 0 Å². The monoisotopic (exact) mass is 463 g/mol. The van der Waals surface area contributed by atoms with Crippen molar-refractivity contribution >= 4 is 34.7 Å². The standard InChI is InChI=1S/C19H30INO4/c1-4-12-13(7-5-6-9-20)16-14(8-10-21(16)19(23)24-3)15-11(2)18(22)25-17(12)15/h11-17H,4-10H2,1-3H3/t11-,12+,13+,14+,15+,16+,17-/m0/s1. The largest absolute Gasteiger partial charge is 0.462 e. The minimum Gasteiger partial charge on any atom is -0.462 e. The summed E-state index contributed by atoms with van der Waals surface area (Å²) in [5, 5.41) is 0. The van der Waals surface area contributed by atoms with Crippen molar-refractivity contribution < 1.29 is 19.1 Å². The molecule has 5 nitrogen and oxygen atoms in total. The molecule has 142 valence electrons. The number of rotatable bonds is 5. The van der Waals surface area contributed by atoms with Crippen LogP contribution in [-0.4, -0.2) is 47.2 Å². The number of fused-ring (bicyclic) bond motifs is 3. The molecule has 0 aromatic heterocycles. The fourth-order valence-electron chi connectivity index (χ4n) is 5.78. The lowest BCUT2D eigenvalue weighted by Crippen LogP contribution is -2.55. The summed E-state index contributed by atoms with van der Waals surface area (Å²) >= 11 is 2.42. The zero-order chi connectivity index (χ0) is 18.1. The molecule has 25 heavy (non-hydrogen) atoms. The molecule has 2 saturated heterocycles. The maximum atomic E-state index is 12.4. The summed E-state index contributed by atoms with van der Waals surface area (Å²) in [7, 11) is 1.47. The molecule has 0 unspecified atom stereocenters. The van der Waals surface area contributed by atoms with Gasteiger partial charge >= 0.3 is 12.1 Å². The van der Waals surface area contributed by atoms with Crippen LogP contribution in [-0.2, 0) is 14.3 Å². The van der Waals surface area contributed by atoms with Gasteiger partial charge in [0.15, 0.2) is 0 Å². The first-order chi connectivity index (χ1) is 12.0. The molecular formula is C19H30INO4. The molecule has 2 aliphatic heterocycles. The Labute approximate surface area is 164 Å². The number of alkyl halides is 1. The molecule has 0 aromatic carbocycles. The molecule has 7 atom stereocenters. The molecule has 3 rings (SSSR count). The highest BCUT2D eigenvalue weighted by Gasteiger charge is 2.61. The van der Waals surface area contributed by atoms with Gasteiger partial charge in [0, 0.05) is 24.4 Å². The van der Waals surface area contributed by atoms with Gasteiger partial charge in [0.05, 0.1) is 13.0 Å². The number of hydrogen-bond acceptors (Lipinski definition) is 4. The van der Waals surface area contributed by atoms with E-state index in [4.69, 9.17) is 9.47 Å². The zero-order valence-corrected chi connectivity index (χ0v) is 17.6. The Morgan fingerprint density at radius 1 is 1.36 bits per heavy atom. The molecule has 0 bridgehead atoms. The second-order valence-electron chi connectivity index (χ2n) is 7.79. The van der Waals surface area contributed by atoms with Crippen molar-refractivity contribution in [3.63, 3.8) is 0 Å². The Balaban J connectivity index is 1.92. The van der Waals surface area contributed by atoms with Crippen molar-refractivity contribution in [3.8, 4) is 0 Å². The number of halogens is 1. The summed E-state index contributed by atoms with van der Waals surface area (Å²) in [4.78, 5) is 26.6. The van der Waals surface area contributed by atoms with Crippen molar-refractivity contribution in [2.45, 2.75) is 58.1 Å². The average Bonchev–Trinajstić information content (AvgIpc) is 3.16. The fraction of sp³-hybridized carbons (Fsp3) is 0.895. The summed E-state index contributed by atoms with van der Waals surface area (Å²) in [6.07, 6.45) is 5.26. The molecule has 2 heterocycles. The Bertz CT molecular complexity index is 514. The van der Waals surface area contributed by atoms with Crippen LogP contribution < -0.4 is 0 Å². The fourth-order valence-corrected chi connectivity index (χ4v) is 6.32. The van der Waals surface area contributed by atoms with Crippen LogP contribution in [0.15, 0.2) is 0 Å². The van der Waals surface area contributed by atoms with Gasteiger partial charge < -0.3 is 14.4 Å². The SMILES string of the molecule is CC[C@@H]1[C@@H](CCCCI)[C@@H]2[C@H](CCN2C(=O)OC)[C@@H]2[C@H]1OC(=O)[C@H]2C. The third-order valence-electron chi connectivity index (χ3n) is 6.79. The first-order valence-electron chi connectivity index (χ1n) is 9.66. The molecule has 0 aromatic rings. The van der Waals surface area contributed by atoms with Gasteiger partial charge in [-0.15, -0.1) is 0 Å². The number of unbranched alkanes of at least 4 members (excludes halogenated alkanes) is 1. The number of likely N-dealkylation sites (tertiary alicyclic amines) is 1. The Hall–Kier alpha value is -0.530. The van der Waals surface area contributed by atoms with Gasteiger partial charge in [-0.3, -0.25) is 4.79 Å². The lowest BCUT2D eigenvalue weighted by molar-refractivity contribution is -0.148. The summed E-state index contributed by atoms with van der Waals surface area (Å²) in [5.41, 5.74) is 0. The van der Waals surface area contributed by atoms with E-state index in [0.717, 1.165) is 30.2 Å². The number of esters is 1. The summed E-state index contributed by atoms with van der Waals surface area (Å²) < 4.78 is 12.1. The maximum absolute atomic E-state index is 12.4. The van der Waals surface area contributed by atoms with E-state index in [1.165, 1.54) is 20.0 Å². The number of carbonyl (C=O) groups is 2. The number of ether oxygens (including phenoxy) is 2. The Morgan fingerprint density at radius 2 is 2.12 bits per heavy atom. The van der Waals surface area contributed by atoms with Crippen LogP contribution in [0.2, 0.25) is 0 Å². The maximum Gasteiger partial charge on any atom is 0.409 e. The topological polar surface area (TPSA) is 55.8 Å². The summed E-state index contributed by atoms with van der Waals surface area (Å²) in [6.45, 7) is 4.95. The number of methoxy groups -OCH3 is 1. The highest BCUT2D eigenvalue weighted by molar-refractivity contribution is 14.1. The van der Waals surface area contributed by atoms with Gasteiger partial charge in [-0.2, -0.15) is 0 Å². The first kappa shape index (κ1) is 19.2. The molecule has 0 spiro atoms. The molecular weight excluding hydrogens is 433 g/mol. The highest BCUT2D eigenvalue weighted by atomic mass is 127. The molecule has 3 fully saturated rings. The first-order valence-corrected chi connectivity index (χ1v) is 11.2. The highest BCUT2D eigenvalue weighted by Crippen LogP contribution is 2.54. The van der Waals surface area contributed by atoms with Crippen molar-refractivity contribution in [2.24, 2.45) is 29.6 Å². The third-order valence-corrected chi connectivity index (χ3v) is 7.55. The van der Waals surface area contributed by atoms with Crippen LogP contribution in [0.1, 0.15) is 46.0 Å². The van der Waals surface area contributed by atoms with E-state index in [9.17, 15) is 9.59 Å². The van der Waals surface area contributed by atoms with Crippen LogP contribution in [0.25, 0.3) is 0 Å². The molecule has 1 aliphatic carbocycles. The zero-order valence-electron chi connectivity index (χ0n) is 15.4. The lowest BCUT2D eigenvalue weighted by atomic mass is 9.60. The average molecular weight is 463 g/mol. The molecule has 1 saturated carbocycles. The summed E-state index contributed by atoms with van der Waals surface area (Å²) in [6, 6.07) is 0.199. The molecule has 6 heteroatoms. The predicted molar refractivity (Wildman–Crippen MR) is 104 cm³/mol. The Kier molecular flexibility index (Phi) is 6.16. The van der Waals surface area contributed by atoms with E-state index in [-0.39, 0.29) is 36.0 Å². The van der Waals surface area contributed by atoms with Crippen LogP contribution >= 0.6 is 22.6 Å². The quantitative estimate of drug-likeness (QED) is 0.269. The van der Waals surface area contributed by atoms with Gasteiger partial charge in [0.2, 0.25) is 0 Å². The smallest absolute Gasteiger partial charge is 0.409 e. The van der Waals surface area contributed by atoms with Gasteiger partial charge in [0.25, 0.3) is 0 Å². The minimum absolute atomic E-state index is 0.0379. The van der Waals surface area contributed by atoms with Gasteiger partial charge in [0.1, 0.15) is 6.10 Å². The van der Waals surface area contributed by atoms with E-state index in [1.807, 2.05) is 11.8 Å². The van der Waals surface area contributed by atoms with E-state index >= 15 is 0 Å². The van der Waals surface area contributed by atoms with Crippen LogP contribution in [0, 0.1) is 29.6 Å². The van der Waals surface area contributed by atoms with Gasteiger partial charge in [-0.05, 0) is 41.9 Å². The van der Waals surface area contributed by atoms with Crippen molar-refractivity contribution in [2.75, 3.05) is 18.1 Å². The van der Waals surface area contributed by atoms with E-state index in [2.05, 4.69) is 29.5 Å². The molecule has 0 N–H and O–H groups in total. The number of hydrogen-bond donors (Lipinski definition) is 0. The molecule has 3 aliphatic rings. The normalized spacial score (nSPS) is 39.8. The molecule has 1 amide bonds. The molecule has 0 radical (unpaired) electrons. The van der Waals surface area contributed by atoms with E-state index < -0.39 is 0 Å². The number of carbonyl (C=O) groups excluding carboxylic acids is 2. The van der Waals surface area contributed by atoms with Crippen molar-refractivity contribution in [1.82, 2.24) is 4.90 Å². The van der Waals surface area contributed by atoms with Crippen LogP contribution in [0.5, 0.6) is 0 Å². The minimum atomic E-state index is -0.211. The van der Waals surface area contributed by atoms with E-state index in [1.54, 1.807) is 0 Å². The Morgan fingerprint density at radius 3 is 2.76 bits per heavy atom. The summed E-state index contributed by atoms with van der Waals surface area (Å²) in [5.74, 6) is 1.26. The van der Waals surface area contributed by atoms with Crippen LogP contribution in [0.4, 0.5) is 4.79 Å².